The first kappa shape index (κ1) is 16.7. The molecule has 24 heavy (non-hydrogen) atoms. The molecule has 5 heteroatoms. The SMILES string of the molecule is Cc1cc(C)c2cc(CCC(=O)NCC3CCCO3)c(=O)[nH]c2c1. The summed E-state index contributed by atoms with van der Waals surface area (Å²) < 4.78 is 5.49. The van der Waals surface area contributed by atoms with Gasteiger partial charge < -0.3 is 15.0 Å². The molecule has 0 saturated carbocycles. The Labute approximate surface area is 141 Å². The largest absolute Gasteiger partial charge is 0.376 e. The maximum absolute atomic E-state index is 12.2. The molecule has 0 bridgehead atoms. The van der Waals surface area contributed by atoms with Gasteiger partial charge in [-0.3, -0.25) is 9.59 Å². The Hall–Kier alpha value is -2.14. The van der Waals surface area contributed by atoms with Crippen LogP contribution in [0.5, 0.6) is 0 Å². The van der Waals surface area contributed by atoms with Crippen LogP contribution in [0.4, 0.5) is 0 Å². The molecule has 1 aliphatic heterocycles. The Morgan fingerprint density at radius 2 is 2.17 bits per heavy atom. The molecule has 0 spiro atoms. The maximum Gasteiger partial charge on any atom is 0.251 e. The van der Waals surface area contributed by atoms with Gasteiger partial charge in [0.15, 0.2) is 0 Å². The second-order valence-electron chi connectivity index (χ2n) is 6.61. The molecule has 1 fully saturated rings. The lowest BCUT2D eigenvalue weighted by atomic mass is 10.0. The molecule has 1 aliphatic rings. The van der Waals surface area contributed by atoms with E-state index in [9.17, 15) is 9.59 Å². The monoisotopic (exact) mass is 328 g/mol. The van der Waals surface area contributed by atoms with Crippen molar-refractivity contribution in [2.75, 3.05) is 13.2 Å². The van der Waals surface area contributed by atoms with Crippen LogP contribution in [0.15, 0.2) is 23.0 Å². The second kappa shape index (κ2) is 7.18. The van der Waals surface area contributed by atoms with Gasteiger partial charge in [0, 0.05) is 36.0 Å². The number of aromatic nitrogens is 1. The van der Waals surface area contributed by atoms with E-state index in [0.29, 0.717) is 24.9 Å². The molecule has 1 unspecified atom stereocenters. The summed E-state index contributed by atoms with van der Waals surface area (Å²) in [6.07, 6.45) is 2.96. The molecule has 1 aromatic heterocycles. The first-order valence-corrected chi connectivity index (χ1v) is 8.54. The van der Waals surface area contributed by atoms with Crippen molar-refractivity contribution in [3.8, 4) is 0 Å². The Morgan fingerprint density at radius 3 is 2.92 bits per heavy atom. The summed E-state index contributed by atoms with van der Waals surface area (Å²) in [5.41, 5.74) is 3.65. The molecule has 3 rings (SSSR count). The number of aryl methyl sites for hydroxylation is 3. The van der Waals surface area contributed by atoms with E-state index in [2.05, 4.69) is 16.4 Å². The van der Waals surface area contributed by atoms with Gasteiger partial charge in [0.25, 0.3) is 5.56 Å². The molecule has 1 saturated heterocycles. The van der Waals surface area contributed by atoms with Crippen molar-refractivity contribution in [1.82, 2.24) is 10.3 Å². The van der Waals surface area contributed by atoms with E-state index in [4.69, 9.17) is 4.74 Å². The number of fused-ring (bicyclic) bond motifs is 1. The van der Waals surface area contributed by atoms with Crippen molar-refractivity contribution in [2.24, 2.45) is 0 Å². The smallest absolute Gasteiger partial charge is 0.251 e. The topological polar surface area (TPSA) is 71.2 Å². The fraction of sp³-hybridized carbons (Fsp3) is 0.474. The van der Waals surface area contributed by atoms with Crippen LogP contribution in [0.3, 0.4) is 0 Å². The van der Waals surface area contributed by atoms with Crippen molar-refractivity contribution in [1.29, 1.82) is 0 Å². The molecule has 2 aromatic rings. The molecule has 1 aromatic carbocycles. The van der Waals surface area contributed by atoms with Gasteiger partial charge in [-0.1, -0.05) is 6.07 Å². The van der Waals surface area contributed by atoms with Crippen LogP contribution in [0.2, 0.25) is 0 Å². The lowest BCUT2D eigenvalue weighted by molar-refractivity contribution is -0.121. The lowest BCUT2D eigenvalue weighted by Crippen LogP contribution is -2.32. The molecular formula is C19H24N2O3. The maximum atomic E-state index is 12.2. The summed E-state index contributed by atoms with van der Waals surface area (Å²) in [6.45, 7) is 5.39. The Morgan fingerprint density at radius 1 is 1.33 bits per heavy atom. The lowest BCUT2D eigenvalue weighted by Gasteiger charge is -2.11. The van der Waals surface area contributed by atoms with Crippen molar-refractivity contribution in [3.05, 3.63) is 45.2 Å². The zero-order valence-electron chi connectivity index (χ0n) is 14.3. The highest BCUT2D eigenvalue weighted by molar-refractivity contribution is 5.83. The molecule has 1 atom stereocenters. The van der Waals surface area contributed by atoms with Crippen molar-refractivity contribution >= 4 is 16.8 Å². The van der Waals surface area contributed by atoms with Gasteiger partial charge in [0.1, 0.15) is 0 Å². The van der Waals surface area contributed by atoms with Crippen molar-refractivity contribution < 1.29 is 9.53 Å². The van der Waals surface area contributed by atoms with Gasteiger partial charge >= 0.3 is 0 Å². The zero-order chi connectivity index (χ0) is 17.1. The standard InChI is InChI=1S/C19H24N2O3/c1-12-8-13(2)16-10-14(19(23)21-17(16)9-12)5-6-18(22)20-11-15-4-3-7-24-15/h8-10,15H,3-7,11H2,1-2H3,(H,20,22)(H,21,23). The summed E-state index contributed by atoms with van der Waals surface area (Å²) in [7, 11) is 0. The van der Waals surface area contributed by atoms with Crippen molar-refractivity contribution in [2.45, 2.75) is 45.6 Å². The highest BCUT2D eigenvalue weighted by Crippen LogP contribution is 2.18. The van der Waals surface area contributed by atoms with Crippen LogP contribution in [0.25, 0.3) is 10.9 Å². The second-order valence-corrected chi connectivity index (χ2v) is 6.61. The number of carbonyl (C=O) groups is 1. The fourth-order valence-corrected chi connectivity index (χ4v) is 3.27. The number of benzene rings is 1. The number of rotatable bonds is 5. The number of amides is 1. The van der Waals surface area contributed by atoms with E-state index < -0.39 is 0 Å². The molecule has 2 heterocycles. The molecule has 0 aliphatic carbocycles. The predicted molar refractivity (Wildman–Crippen MR) is 94.3 cm³/mol. The Bertz CT molecular complexity index is 804. The number of ether oxygens (including phenoxy) is 1. The van der Waals surface area contributed by atoms with Gasteiger partial charge in [0.2, 0.25) is 5.91 Å². The summed E-state index contributed by atoms with van der Waals surface area (Å²) in [4.78, 5) is 27.1. The number of aromatic amines is 1. The van der Waals surface area contributed by atoms with Crippen LogP contribution in [-0.4, -0.2) is 30.1 Å². The quantitative estimate of drug-likeness (QED) is 0.885. The summed E-state index contributed by atoms with van der Waals surface area (Å²) in [6, 6.07) is 5.98. The Balaban J connectivity index is 1.65. The van der Waals surface area contributed by atoms with Crippen LogP contribution < -0.4 is 10.9 Å². The number of hydrogen-bond donors (Lipinski definition) is 2. The molecule has 128 valence electrons. The summed E-state index contributed by atoms with van der Waals surface area (Å²) >= 11 is 0. The Kier molecular flexibility index (Phi) is 5.00. The van der Waals surface area contributed by atoms with Gasteiger partial charge in [-0.15, -0.1) is 0 Å². The molecular weight excluding hydrogens is 304 g/mol. The molecule has 1 amide bonds. The van der Waals surface area contributed by atoms with Crippen LogP contribution in [-0.2, 0) is 16.0 Å². The highest BCUT2D eigenvalue weighted by Gasteiger charge is 2.16. The van der Waals surface area contributed by atoms with Crippen LogP contribution in [0.1, 0.15) is 36.0 Å². The number of nitrogens with one attached hydrogen (secondary N) is 2. The van der Waals surface area contributed by atoms with Crippen LogP contribution >= 0.6 is 0 Å². The van der Waals surface area contributed by atoms with Gasteiger partial charge in [-0.25, -0.2) is 0 Å². The minimum atomic E-state index is -0.112. The third-order valence-corrected chi connectivity index (χ3v) is 4.56. The van der Waals surface area contributed by atoms with E-state index in [0.717, 1.165) is 41.5 Å². The molecule has 0 radical (unpaired) electrons. The van der Waals surface area contributed by atoms with Gasteiger partial charge in [0.05, 0.1) is 6.10 Å². The first-order chi connectivity index (χ1) is 11.5. The summed E-state index contributed by atoms with van der Waals surface area (Å²) in [5, 5.41) is 3.93. The van der Waals surface area contributed by atoms with Crippen LogP contribution in [0, 0.1) is 13.8 Å². The van der Waals surface area contributed by atoms with Crippen molar-refractivity contribution in [3.63, 3.8) is 0 Å². The minimum Gasteiger partial charge on any atom is -0.376 e. The average molecular weight is 328 g/mol. The zero-order valence-corrected chi connectivity index (χ0v) is 14.3. The number of hydrogen-bond acceptors (Lipinski definition) is 3. The average Bonchev–Trinajstić information content (AvgIpc) is 3.04. The minimum absolute atomic E-state index is 0.0365. The molecule has 2 N–H and O–H groups in total. The molecule has 5 nitrogen and oxygen atoms in total. The van der Waals surface area contributed by atoms with E-state index >= 15 is 0 Å². The number of pyridine rings is 1. The predicted octanol–water partition coefficient (Wildman–Crippen LogP) is 2.37. The van der Waals surface area contributed by atoms with E-state index in [1.54, 1.807) is 0 Å². The van der Waals surface area contributed by atoms with E-state index in [1.165, 1.54) is 0 Å². The number of H-pyrrole nitrogens is 1. The highest BCUT2D eigenvalue weighted by atomic mass is 16.5. The summed E-state index contributed by atoms with van der Waals surface area (Å²) in [5.74, 6) is -0.0365. The third-order valence-electron chi connectivity index (χ3n) is 4.56. The third kappa shape index (κ3) is 3.85. The first-order valence-electron chi connectivity index (χ1n) is 8.54. The van der Waals surface area contributed by atoms with E-state index in [1.807, 2.05) is 26.0 Å². The number of carbonyl (C=O) groups excluding carboxylic acids is 1. The van der Waals surface area contributed by atoms with Gasteiger partial charge in [-0.05, 0) is 56.4 Å². The normalized spacial score (nSPS) is 17.3. The van der Waals surface area contributed by atoms with E-state index in [-0.39, 0.29) is 17.6 Å². The fourth-order valence-electron chi connectivity index (χ4n) is 3.27. The van der Waals surface area contributed by atoms with Gasteiger partial charge in [-0.2, -0.15) is 0 Å².